The SMILES string of the molecule is CCc1nn(-c2ccccc2)c2c1CN(C(=O)Nc1ccc(F)cc1F)C(c1ccc(C)cc1)c1cccn1-2. The van der Waals surface area contributed by atoms with Crippen molar-refractivity contribution < 1.29 is 13.6 Å². The molecule has 6 nitrogen and oxygen atoms in total. The van der Waals surface area contributed by atoms with Crippen LogP contribution in [0.4, 0.5) is 19.3 Å². The van der Waals surface area contributed by atoms with E-state index in [-0.39, 0.29) is 12.2 Å². The minimum absolute atomic E-state index is 0.0837. The highest BCUT2D eigenvalue weighted by molar-refractivity contribution is 5.90. The average Bonchev–Trinajstić information content (AvgIpc) is 3.52. The van der Waals surface area contributed by atoms with Crippen molar-refractivity contribution in [3.63, 3.8) is 0 Å². The molecule has 0 bridgehead atoms. The number of urea groups is 1. The number of hydrogen-bond donors (Lipinski definition) is 1. The third-order valence-corrected chi connectivity index (χ3v) is 7.13. The highest BCUT2D eigenvalue weighted by atomic mass is 19.1. The van der Waals surface area contributed by atoms with Gasteiger partial charge in [0.2, 0.25) is 0 Å². The van der Waals surface area contributed by atoms with E-state index in [1.54, 1.807) is 4.90 Å². The molecule has 0 aliphatic carbocycles. The highest BCUT2D eigenvalue weighted by Crippen LogP contribution is 2.39. The number of aryl methyl sites for hydroxylation is 2. The lowest BCUT2D eigenvalue weighted by Crippen LogP contribution is -2.38. The molecule has 1 N–H and O–H groups in total. The van der Waals surface area contributed by atoms with Gasteiger partial charge in [0.1, 0.15) is 17.5 Å². The van der Waals surface area contributed by atoms with E-state index < -0.39 is 23.7 Å². The number of para-hydroxylation sites is 1. The molecule has 0 saturated heterocycles. The van der Waals surface area contributed by atoms with Gasteiger partial charge in [-0.2, -0.15) is 5.10 Å². The summed E-state index contributed by atoms with van der Waals surface area (Å²) in [6.45, 7) is 4.29. The van der Waals surface area contributed by atoms with Gasteiger partial charge in [0.15, 0.2) is 0 Å². The van der Waals surface area contributed by atoms with E-state index in [9.17, 15) is 13.6 Å². The molecular formula is C31H27F2N5O. The van der Waals surface area contributed by atoms with Crippen molar-refractivity contribution in [2.24, 2.45) is 0 Å². The fourth-order valence-corrected chi connectivity index (χ4v) is 5.23. The molecule has 0 saturated carbocycles. The molecule has 1 unspecified atom stereocenters. The fourth-order valence-electron chi connectivity index (χ4n) is 5.23. The second-order valence-electron chi connectivity index (χ2n) is 9.65. The maximum atomic E-state index is 14.6. The number of anilines is 1. The van der Waals surface area contributed by atoms with Crippen LogP contribution < -0.4 is 5.32 Å². The minimum Gasteiger partial charge on any atom is -0.307 e. The molecule has 1 aliphatic rings. The van der Waals surface area contributed by atoms with Gasteiger partial charge in [-0.15, -0.1) is 0 Å². The van der Waals surface area contributed by atoms with Crippen molar-refractivity contribution in [3.05, 3.63) is 131 Å². The minimum atomic E-state index is -0.833. The Kier molecular flexibility index (Phi) is 6.23. The molecule has 0 fully saturated rings. The van der Waals surface area contributed by atoms with Gasteiger partial charge in [-0.25, -0.2) is 18.3 Å². The van der Waals surface area contributed by atoms with Gasteiger partial charge in [-0.1, -0.05) is 55.0 Å². The number of benzene rings is 3. The highest BCUT2D eigenvalue weighted by Gasteiger charge is 2.36. The number of carbonyl (C=O) groups is 1. The van der Waals surface area contributed by atoms with Crippen molar-refractivity contribution in [2.75, 3.05) is 5.32 Å². The zero-order valence-electron chi connectivity index (χ0n) is 21.6. The van der Waals surface area contributed by atoms with Crippen molar-refractivity contribution in [2.45, 2.75) is 32.9 Å². The zero-order valence-corrected chi connectivity index (χ0v) is 21.6. The maximum Gasteiger partial charge on any atom is 0.323 e. The molecule has 1 atom stereocenters. The van der Waals surface area contributed by atoms with Gasteiger partial charge in [0, 0.05) is 17.8 Å². The van der Waals surface area contributed by atoms with E-state index in [1.807, 2.05) is 91.5 Å². The second-order valence-corrected chi connectivity index (χ2v) is 9.65. The Balaban J connectivity index is 1.54. The Hall–Kier alpha value is -4.72. The van der Waals surface area contributed by atoms with Crippen LogP contribution in [0, 0.1) is 18.6 Å². The largest absolute Gasteiger partial charge is 0.323 e. The van der Waals surface area contributed by atoms with Crippen LogP contribution >= 0.6 is 0 Å². The number of nitrogens with one attached hydrogen (secondary N) is 1. The number of carbonyl (C=O) groups excluding carboxylic acids is 1. The van der Waals surface area contributed by atoms with E-state index >= 15 is 0 Å². The second kappa shape index (κ2) is 9.87. The predicted octanol–water partition coefficient (Wildman–Crippen LogP) is 6.95. The summed E-state index contributed by atoms with van der Waals surface area (Å²) in [5.41, 5.74) is 5.48. The maximum absolute atomic E-state index is 14.6. The van der Waals surface area contributed by atoms with Crippen LogP contribution in [0.15, 0.2) is 91.1 Å². The number of rotatable bonds is 4. The van der Waals surface area contributed by atoms with Crippen molar-refractivity contribution in [3.8, 4) is 11.5 Å². The van der Waals surface area contributed by atoms with Gasteiger partial charge in [0.05, 0.1) is 35.3 Å². The number of hydrogen-bond acceptors (Lipinski definition) is 2. The van der Waals surface area contributed by atoms with Crippen LogP contribution in [-0.4, -0.2) is 25.3 Å². The Bertz CT molecular complexity index is 1660. The lowest BCUT2D eigenvalue weighted by Gasteiger charge is -2.31. The normalized spacial score (nSPS) is 14.5. The molecule has 6 rings (SSSR count). The van der Waals surface area contributed by atoms with E-state index in [0.29, 0.717) is 6.42 Å². The quantitative estimate of drug-likeness (QED) is 0.277. The summed E-state index contributed by atoms with van der Waals surface area (Å²) in [5, 5.41) is 7.63. The third kappa shape index (κ3) is 4.37. The number of aromatic nitrogens is 3. The number of amides is 2. The van der Waals surface area contributed by atoms with Crippen molar-refractivity contribution in [1.82, 2.24) is 19.2 Å². The summed E-state index contributed by atoms with van der Waals surface area (Å²) in [5.74, 6) is -0.681. The van der Waals surface area contributed by atoms with Gasteiger partial charge >= 0.3 is 6.03 Å². The number of halogens is 2. The first-order chi connectivity index (χ1) is 18.9. The molecule has 8 heteroatoms. The molecule has 2 amide bonds. The Morgan fingerprint density at radius 2 is 1.77 bits per heavy atom. The molecule has 0 spiro atoms. The standard InChI is InChI=1S/C31H27F2N5O/c1-3-26-24-19-37(31(39)34-27-16-15-22(32)18-25(27)33)29(21-13-11-20(2)12-14-21)28-10-7-17-36(28)30(24)38(35-26)23-8-5-4-6-9-23/h4-18,29H,3,19H2,1-2H3,(H,34,39). The topological polar surface area (TPSA) is 55.1 Å². The number of nitrogens with zero attached hydrogens (tertiary/aromatic N) is 4. The first-order valence-corrected chi connectivity index (χ1v) is 12.9. The van der Waals surface area contributed by atoms with Crippen LogP contribution in [0.2, 0.25) is 0 Å². The Morgan fingerprint density at radius 1 is 1.00 bits per heavy atom. The van der Waals surface area contributed by atoms with Crippen LogP contribution in [0.1, 0.15) is 41.0 Å². The van der Waals surface area contributed by atoms with Crippen molar-refractivity contribution in [1.29, 1.82) is 0 Å². The van der Waals surface area contributed by atoms with Gasteiger partial charge in [0.25, 0.3) is 0 Å². The summed E-state index contributed by atoms with van der Waals surface area (Å²) in [4.78, 5) is 15.6. The Labute approximate surface area is 225 Å². The fraction of sp³-hybridized carbons (Fsp3) is 0.161. The Morgan fingerprint density at radius 3 is 2.49 bits per heavy atom. The van der Waals surface area contributed by atoms with Crippen molar-refractivity contribution >= 4 is 11.7 Å². The van der Waals surface area contributed by atoms with Gasteiger partial charge < -0.3 is 14.8 Å². The van der Waals surface area contributed by atoms with E-state index in [0.717, 1.165) is 51.7 Å². The first-order valence-electron chi connectivity index (χ1n) is 12.9. The first kappa shape index (κ1) is 24.6. The molecule has 5 aromatic rings. The summed E-state index contributed by atoms with van der Waals surface area (Å²) >= 11 is 0. The zero-order chi connectivity index (χ0) is 27.1. The van der Waals surface area contributed by atoms with Crippen LogP contribution in [0.25, 0.3) is 11.5 Å². The molecule has 39 heavy (non-hydrogen) atoms. The monoisotopic (exact) mass is 523 g/mol. The third-order valence-electron chi connectivity index (χ3n) is 7.13. The van der Waals surface area contributed by atoms with E-state index in [1.165, 1.54) is 6.07 Å². The number of fused-ring (bicyclic) bond motifs is 3. The molecule has 1 aliphatic heterocycles. The van der Waals surface area contributed by atoms with Crippen LogP contribution in [-0.2, 0) is 13.0 Å². The van der Waals surface area contributed by atoms with E-state index in [2.05, 4.69) is 9.88 Å². The molecule has 3 aromatic carbocycles. The average molecular weight is 524 g/mol. The predicted molar refractivity (Wildman–Crippen MR) is 146 cm³/mol. The van der Waals surface area contributed by atoms with Crippen LogP contribution in [0.5, 0.6) is 0 Å². The lowest BCUT2D eigenvalue weighted by molar-refractivity contribution is 0.194. The van der Waals surface area contributed by atoms with Gasteiger partial charge in [-0.3, -0.25) is 0 Å². The summed E-state index contributed by atoms with van der Waals surface area (Å²) < 4.78 is 32.1. The van der Waals surface area contributed by atoms with E-state index in [4.69, 9.17) is 5.10 Å². The summed E-state index contributed by atoms with van der Waals surface area (Å²) in [6.07, 6.45) is 2.65. The van der Waals surface area contributed by atoms with Crippen LogP contribution in [0.3, 0.4) is 0 Å². The summed E-state index contributed by atoms with van der Waals surface area (Å²) in [7, 11) is 0. The smallest absolute Gasteiger partial charge is 0.307 e. The molecular weight excluding hydrogens is 496 g/mol. The molecule has 196 valence electrons. The molecule has 2 aromatic heterocycles. The lowest BCUT2D eigenvalue weighted by atomic mass is 10.0. The van der Waals surface area contributed by atoms with Gasteiger partial charge in [-0.05, 0) is 55.3 Å². The molecule has 3 heterocycles. The summed E-state index contributed by atoms with van der Waals surface area (Å²) in [6, 6.07) is 24.0. The molecule has 0 radical (unpaired) electrons.